The smallest absolute Gasteiger partial charge is 0.253 e. The van der Waals surface area contributed by atoms with Crippen molar-refractivity contribution in [2.75, 3.05) is 5.73 Å². The van der Waals surface area contributed by atoms with Crippen molar-refractivity contribution in [2.24, 2.45) is 0 Å². The van der Waals surface area contributed by atoms with Crippen molar-refractivity contribution in [1.29, 1.82) is 0 Å². The molecule has 0 unspecified atom stereocenters. The summed E-state index contributed by atoms with van der Waals surface area (Å²) < 4.78 is 0. The second-order valence-electron chi connectivity index (χ2n) is 4.13. The average molecular weight is 241 g/mol. The van der Waals surface area contributed by atoms with Crippen molar-refractivity contribution in [3.05, 3.63) is 59.4 Å². The Hall–Kier alpha value is -2.36. The summed E-state index contributed by atoms with van der Waals surface area (Å²) in [5, 5.41) is 2.84. The summed E-state index contributed by atoms with van der Waals surface area (Å²) in [6.45, 7) is 2.40. The van der Waals surface area contributed by atoms with Gasteiger partial charge in [0.05, 0.1) is 5.56 Å². The number of nitrogens with one attached hydrogen (secondary N) is 1. The molecule has 4 heteroatoms. The molecule has 0 saturated heterocycles. The van der Waals surface area contributed by atoms with Crippen LogP contribution in [0.15, 0.2) is 42.7 Å². The van der Waals surface area contributed by atoms with Crippen molar-refractivity contribution in [3.63, 3.8) is 0 Å². The highest BCUT2D eigenvalue weighted by atomic mass is 16.1. The number of benzene rings is 1. The molecule has 2 aromatic rings. The zero-order chi connectivity index (χ0) is 13.0. The molecule has 0 aliphatic carbocycles. The van der Waals surface area contributed by atoms with Crippen molar-refractivity contribution < 1.29 is 4.79 Å². The summed E-state index contributed by atoms with van der Waals surface area (Å²) in [6, 6.07) is 9.14. The molecular weight excluding hydrogens is 226 g/mol. The molecule has 1 amide bonds. The lowest BCUT2D eigenvalue weighted by Gasteiger charge is -2.08. The number of anilines is 1. The Labute approximate surface area is 106 Å². The van der Waals surface area contributed by atoms with Gasteiger partial charge >= 0.3 is 0 Å². The molecular formula is C14H15N3O. The standard InChI is InChI=1S/C14H15N3O/c1-10-2-3-13(15)12(8-10)14(18)17-9-11-4-6-16-7-5-11/h2-8H,9,15H2,1H3,(H,17,18). The maximum Gasteiger partial charge on any atom is 0.253 e. The quantitative estimate of drug-likeness (QED) is 0.806. The minimum atomic E-state index is -0.159. The van der Waals surface area contributed by atoms with Crippen molar-refractivity contribution in [3.8, 4) is 0 Å². The zero-order valence-corrected chi connectivity index (χ0v) is 10.2. The Kier molecular flexibility index (Phi) is 3.57. The van der Waals surface area contributed by atoms with Crippen LogP contribution in [0.2, 0.25) is 0 Å². The highest BCUT2D eigenvalue weighted by Gasteiger charge is 2.09. The summed E-state index contributed by atoms with van der Waals surface area (Å²) in [5.74, 6) is -0.159. The molecule has 1 heterocycles. The first-order chi connectivity index (χ1) is 8.66. The number of aryl methyl sites for hydroxylation is 1. The predicted molar refractivity (Wildman–Crippen MR) is 71.0 cm³/mol. The Bertz CT molecular complexity index is 552. The molecule has 0 radical (unpaired) electrons. The molecule has 0 fully saturated rings. The van der Waals surface area contributed by atoms with Crippen LogP contribution in [0.5, 0.6) is 0 Å². The summed E-state index contributed by atoms with van der Waals surface area (Å²) in [5.41, 5.74) is 8.82. The molecule has 1 aromatic carbocycles. The van der Waals surface area contributed by atoms with Gasteiger partial charge in [-0.25, -0.2) is 0 Å². The van der Waals surface area contributed by atoms with Gasteiger partial charge in [-0.15, -0.1) is 0 Å². The number of nitrogens with zero attached hydrogens (tertiary/aromatic N) is 1. The fourth-order valence-electron chi connectivity index (χ4n) is 1.64. The fourth-order valence-corrected chi connectivity index (χ4v) is 1.64. The van der Waals surface area contributed by atoms with E-state index in [0.717, 1.165) is 11.1 Å². The van der Waals surface area contributed by atoms with E-state index in [1.807, 2.05) is 25.1 Å². The number of rotatable bonds is 3. The number of nitrogens with two attached hydrogens (primary N) is 1. The van der Waals surface area contributed by atoms with Crippen LogP contribution in [0.1, 0.15) is 21.5 Å². The van der Waals surface area contributed by atoms with Crippen LogP contribution in [-0.4, -0.2) is 10.9 Å². The molecule has 2 rings (SSSR count). The predicted octanol–water partition coefficient (Wildman–Crippen LogP) is 1.90. The normalized spacial score (nSPS) is 10.1. The van der Waals surface area contributed by atoms with Gasteiger partial charge in [-0.2, -0.15) is 0 Å². The molecule has 3 N–H and O–H groups in total. The van der Waals surface area contributed by atoms with Crippen molar-refractivity contribution in [2.45, 2.75) is 13.5 Å². The zero-order valence-electron chi connectivity index (χ0n) is 10.2. The Morgan fingerprint density at radius 2 is 2.00 bits per heavy atom. The topological polar surface area (TPSA) is 68.0 Å². The third-order valence-electron chi connectivity index (χ3n) is 2.66. The third-order valence-corrected chi connectivity index (χ3v) is 2.66. The van der Waals surface area contributed by atoms with Crippen molar-refractivity contribution in [1.82, 2.24) is 10.3 Å². The first-order valence-corrected chi connectivity index (χ1v) is 5.70. The summed E-state index contributed by atoms with van der Waals surface area (Å²) in [6.07, 6.45) is 3.39. The van der Waals surface area contributed by atoms with E-state index in [0.29, 0.717) is 17.8 Å². The Morgan fingerprint density at radius 3 is 2.72 bits per heavy atom. The van der Waals surface area contributed by atoms with E-state index in [-0.39, 0.29) is 5.91 Å². The number of hydrogen-bond acceptors (Lipinski definition) is 3. The van der Waals surface area contributed by atoms with E-state index in [1.165, 1.54) is 0 Å². The maximum absolute atomic E-state index is 12.0. The monoisotopic (exact) mass is 241 g/mol. The van der Waals surface area contributed by atoms with Crippen LogP contribution < -0.4 is 11.1 Å². The van der Waals surface area contributed by atoms with E-state index < -0.39 is 0 Å². The van der Waals surface area contributed by atoms with E-state index in [9.17, 15) is 4.79 Å². The number of aromatic nitrogens is 1. The molecule has 18 heavy (non-hydrogen) atoms. The second kappa shape index (κ2) is 5.31. The molecule has 4 nitrogen and oxygen atoms in total. The summed E-state index contributed by atoms with van der Waals surface area (Å²) in [4.78, 5) is 15.9. The van der Waals surface area contributed by atoms with Gasteiger partial charge in [-0.05, 0) is 36.8 Å². The van der Waals surface area contributed by atoms with Crippen LogP contribution >= 0.6 is 0 Å². The number of pyridine rings is 1. The largest absolute Gasteiger partial charge is 0.398 e. The lowest BCUT2D eigenvalue weighted by molar-refractivity contribution is 0.0951. The van der Waals surface area contributed by atoms with Gasteiger partial charge in [-0.1, -0.05) is 11.6 Å². The van der Waals surface area contributed by atoms with Crippen LogP contribution in [0.25, 0.3) is 0 Å². The average Bonchev–Trinajstić information content (AvgIpc) is 2.40. The molecule has 0 aliphatic rings. The highest BCUT2D eigenvalue weighted by molar-refractivity contribution is 5.99. The number of carbonyl (C=O) groups is 1. The van der Waals surface area contributed by atoms with Crippen LogP contribution in [0.3, 0.4) is 0 Å². The van der Waals surface area contributed by atoms with Gasteiger partial charge in [0, 0.05) is 24.6 Å². The molecule has 0 bridgehead atoms. The summed E-state index contributed by atoms with van der Waals surface area (Å²) in [7, 11) is 0. The van der Waals surface area contributed by atoms with Crippen LogP contribution in [0.4, 0.5) is 5.69 Å². The molecule has 0 aliphatic heterocycles. The van der Waals surface area contributed by atoms with Gasteiger partial charge in [0.1, 0.15) is 0 Å². The molecule has 0 saturated carbocycles. The van der Waals surface area contributed by atoms with Gasteiger partial charge in [0.15, 0.2) is 0 Å². The lowest BCUT2D eigenvalue weighted by Crippen LogP contribution is -2.23. The van der Waals surface area contributed by atoms with E-state index in [4.69, 9.17) is 5.73 Å². The van der Waals surface area contributed by atoms with Gasteiger partial charge < -0.3 is 11.1 Å². The molecule has 0 spiro atoms. The van der Waals surface area contributed by atoms with E-state index in [1.54, 1.807) is 24.5 Å². The van der Waals surface area contributed by atoms with Crippen molar-refractivity contribution >= 4 is 11.6 Å². The molecule has 1 aromatic heterocycles. The first kappa shape index (κ1) is 12.1. The van der Waals surface area contributed by atoms with Crippen LogP contribution in [0, 0.1) is 6.92 Å². The minimum absolute atomic E-state index is 0.159. The van der Waals surface area contributed by atoms with E-state index >= 15 is 0 Å². The Balaban J connectivity index is 2.06. The molecule has 92 valence electrons. The van der Waals surface area contributed by atoms with Gasteiger partial charge in [0.25, 0.3) is 5.91 Å². The third kappa shape index (κ3) is 2.85. The highest BCUT2D eigenvalue weighted by Crippen LogP contribution is 2.13. The SMILES string of the molecule is Cc1ccc(N)c(C(=O)NCc2ccncc2)c1. The number of nitrogen functional groups attached to an aromatic ring is 1. The van der Waals surface area contributed by atoms with E-state index in [2.05, 4.69) is 10.3 Å². The number of amides is 1. The number of carbonyl (C=O) groups excluding carboxylic acids is 1. The van der Waals surface area contributed by atoms with Crippen LogP contribution in [-0.2, 0) is 6.54 Å². The Morgan fingerprint density at radius 1 is 1.28 bits per heavy atom. The van der Waals surface area contributed by atoms with Gasteiger partial charge in [0.2, 0.25) is 0 Å². The fraction of sp³-hybridized carbons (Fsp3) is 0.143. The second-order valence-corrected chi connectivity index (χ2v) is 4.13. The van der Waals surface area contributed by atoms with Gasteiger partial charge in [-0.3, -0.25) is 9.78 Å². The lowest BCUT2D eigenvalue weighted by atomic mass is 10.1. The first-order valence-electron chi connectivity index (χ1n) is 5.70. The number of hydrogen-bond donors (Lipinski definition) is 2. The summed E-state index contributed by atoms with van der Waals surface area (Å²) >= 11 is 0. The molecule has 0 atom stereocenters. The minimum Gasteiger partial charge on any atom is -0.398 e. The maximum atomic E-state index is 12.0.